The molecule has 2 aromatic carbocycles. The molecule has 3 heterocycles. The zero-order chi connectivity index (χ0) is 20.5. The number of hydrogen-bond donors (Lipinski definition) is 1. The van der Waals surface area contributed by atoms with Gasteiger partial charge in [0.15, 0.2) is 10.1 Å². The second-order valence-electron chi connectivity index (χ2n) is 7.15. The third-order valence-corrected chi connectivity index (χ3v) is 7.62. The number of benzene rings is 2. The molecule has 30 heavy (non-hydrogen) atoms. The summed E-state index contributed by atoms with van der Waals surface area (Å²) in [5.41, 5.74) is 1.76. The van der Waals surface area contributed by atoms with E-state index in [-0.39, 0.29) is 5.91 Å². The highest BCUT2D eigenvalue weighted by Gasteiger charge is 2.20. The number of rotatable bonds is 5. The third kappa shape index (κ3) is 4.00. The molecule has 9 heteroatoms. The van der Waals surface area contributed by atoms with Crippen molar-refractivity contribution in [2.45, 2.75) is 0 Å². The lowest BCUT2D eigenvalue weighted by Crippen LogP contribution is -2.48. The SMILES string of the molecule is O=C(NCCN1CCN(c2nc3c(Cl)cccc3s2)CC1)c1nc2ccccc2s1. The zero-order valence-electron chi connectivity index (χ0n) is 16.2. The molecule has 6 nitrogen and oxygen atoms in total. The Bertz CT molecular complexity index is 1170. The predicted octanol–water partition coefficient (Wildman–Crippen LogP) is 4.11. The smallest absolute Gasteiger partial charge is 0.280 e. The molecule has 0 unspecified atom stereocenters. The maximum absolute atomic E-state index is 12.4. The minimum atomic E-state index is -0.0961. The summed E-state index contributed by atoms with van der Waals surface area (Å²) in [6.07, 6.45) is 0. The van der Waals surface area contributed by atoms with Crippen molar-refractivity contribution in [2.24, 2.45) is 0 Å². The zero-order valence-corrected chi connectivity index (χ0v) is 18.6. The molecule has 0 atom stereocenters. The number of thiazole rings is 2. The number of nitrogens with one attached hydrogen (secondary N) is 1. The molecule has 5 rings (SSSR count). The van der Waals surface area contributed by atoms with Crippen molar-refractivity contribution in [1.82, 2.24) is 20.2 Å². The molecular formula is C21H20ClN5OS2. The van der Waals surface area contributed by atoms with Crippen LogP contribution >= 0.6 is 34.3 Å². The third-order valence-electron chi connectivity index (χ3n) is 5.20. The van der Waals surface area contributed by atoms with Crippen LogP contribution in [-0.4, -0.2) is 60.0 Å². The number of fused-ring (bicyclic) bond motifs is 2. The van der Waals surface area contributed by atoms with Gasteiger partial charge in [-0.2, -0.15) is 0 Å². The Hall–Kier alpha value is -2.26. The standard InChI is InChI=1S/C21H20ClN5OS2/c22-14-4-3-7-17-18(14)25-21(30-17)27-12-10-26(11-13-27)9-8-23-19(28)20-24-15-5-1-2-6-16(15)29-20/h1-7H,8-13H2,(H,23,28). The van der Waals surface area contributed by atoms with E-state index >= 15 is 0 Å². The number of amides is 1. The summed E-state index contributed by atoms with van der Waals surface area (Å²) >= 11 is 9.38. The van der Waals surface area contributed by atoms with Gasteiger partial charge in [0, 0.05) is 39.3 Å². The summed E-state index contributed by atoms with van der Waals surface area (Å²) in [6, 6.07) is 13.7. The molecule has 1 saturated heterocycles. The number of carbonyl (C=O) groups is 1. The molecule has 1 fully saturated rings. The van der Waals surface area contributed by atoms with E-state index in [0.29, 0.717) is 16.6 Å². The van der Waals surface area contributed by atoms with Gasteiger partial charge in [-0.25, -0.2) is 9.97 Å². The largest absolute Gasteiger partial charge is 0.349 e. The van der Waals surface area contributed by atoms with Gasteiger partial charge in [-0.15, -0.1) is 11.3 Å². The van der Waals surface area contributed by atoms with Gasteiger partial charge < -0.3 is 10.2 Å². The van der Waals surface area contributed by atoms with Crippen LogP contribution in [0.2, 0.25) is 5.02 Å². The fourth-order valence-electron chi connectivity index (χ4n) is 3.57. The van der Waals surface area contributed by atoms with Crippen molar-refractivity contribution >= 4 is 65.7 Å². The summed E-state index contributed by atoms with van der Waals surface area (Å²) in [6.45, 7) is 5.18. The quantitative estimate of drug-likeness (QED) is 0.488. The molecule has 154 valence electrons. The van der Waals surface area contributed by atoms with Crippen LogP contribution < -0.4 is 10.2 Å². The van der Waals surface area contributed by atoms with E-state index in [1.165, 1.54) is 11.3 Å². The first-order valence-corrected chi connectivity index (χ1v) is 11.8. The first-order valence-electron chi connectivity index (χ1n) is 9.83. The Morgan fingerprint density at radius 1 is 1.00 bits per heavy atom. The van der Waals surface area contributed by atoms with E-state index in [2.05, 4.69) is 26.2 Å². The molecule has 1 N–H and O–H groups in total. The fraction of sp³-hybridized carbons (Fsp3) is 0.286. The van der Waals surface area contributed by atoms with Crippen LogP contribution in [0.25, 0.3) is 20.4 Å². The molecule has 0 spiro atoms. The first-order chi connectivity index (χ1) is 14.7. The van der Waals surface area contributed by atoms with Crippen LogP contribution in [0.1, 0.15) is 9.80 Å². The number of carbonyl (C=O) groups excluding carboxylic acids is 1. The van der Waals surface area contributed by atoms with Gasteiger partial charge in [0.25, 0.3) is 5.91 Å². The van der Waals surface area contributed by atoms with Crippen molar-refractivity contribution in [2.75, 3.05) is 44.2 Å². The van der Waals surface area contributed by atoms with E-state index in [0.717, 1.165) is 58.3 Å². The maximum Gasteiger partial charge on any atom is 0.280 e. The van der Waals surface area contributed by atoms with E-state index in [1.54, 1.807) is 11.3 Å². The van der Waals surface area contributed by atoms with Gasteiger partial charge in [0.05, 0.1) is 19.9 Å². The highest BCUT2D eigenvalue weighted by atomic mass is 35.5. The van der Waals surface area contributed by atoms with Crippen LogP contribution in [0.4, 0.5) is 5.13 Å². The van der Waals surface area contributed by atoms with Gasteiger partial charge in [-0.3, -0.25) is 9.69 Å². The predicted molar refractivity (Wildman–Crippen MR) is 125 cm³/mol. The van der Waals surface area contributed by atoms with Crippen molar-refractivity contribution in [3.05, 3.63) is 52.5 Å². The van der Waals surface area contributed by atoms with Crippen LogP contribution in [0.5, 0.6) is 0 Å². The van der Waals surface area contributed by atoms with Crippen molar-refractivity contribution in [3.63, 3.8) is 0 Å². The van der Waals surface area contributed by atoms with Gasteiger partial charge in [0.1, 0.15) is 5.52 Å². The lowest BCUT2D eigenvalue weighted by atomic mass is 10.3. The van der Waals surface area contributed by atoms with Crippen LogP contribution in [-0.2, 0) is 0 Å². The average molecular weight is 458 g/mol. The molecule has 1 aliphatic rings. The summed E-state index contributed by atoms with van der Waals surface area (Å²) < 4.78 is 2.16. The van der Waals surface area contributed by atoms with E-state index < -0.39 is 0 Å². The Morgan fingerprint density at radius 2 is 1.80 bits per heavy atom. The van der Waals surface area contributed by atoms with Crippen molar-refractivity contribution in [1.29, 1.82) is 0 Å². The molecule has 0 radical (unpaired) electrons. The highest BCUT2D eigenvalue weighted by molar-refractivity contribution is 7.22. The molecular weight excluding hydrogens is 438 g/mol. The fourth-order valence-corrected chi connectivity index (χ4v) is 5.77. The topological polar surface area (TPSA) is 61.4 Å². The van der Waals surface area contributed by atoms with Gasteiger partial charge in [0.2, 0.25) is 0 Å². The Balaban J connectivity index is 1.12. The highest BCUT2D eigenvalue weighted by Crippen LogP contribution is 2.33. The lowest BCUT2D eigenvalue weighted by molar-refractivity contribution is 0.0947. The van der Waals surface area contributed by atoms with Crippen LogP contribution in [0.3, 0.4) is 0 Å². The molecule has 1 aliphatic heterocycles. The maximum atomic E-state index is 12.4. The molecule has 0 bridgehead atoms. The summed E-state index contributed by atoms with van der Waals surface area (Å²) in [4.78, 5) is 26.2. The van der Waals surface area contributed by atoms with Crippen LogP contribution in [0.15, 0.2) is 42.5 Å². The molecule has 0 saturated carbocycles. The Kier molecular flexibility index (Phi) is 5.56. The number of para-hydroxylation sites is 2. The van der Waals surface area contributed by atoms with Crippen molar-refractivity contribution in [3.8, 4) is 0 Å². The summed E-state index contributed by atoms with van der Waals surface area (Å²) in [7, 11) is 0. The van der Waals surface area contributed by atoms with Crippen LogP contribution in [0, 0.1) is 0 Å². The summed E-state index contributed by atoms with van der Waals surface area (Å²) in [5.74, 6) is -0.0961. The number of nitrogens with zero attached hydrogens (tertiary/aromatic N) is 4. The second-order valence-corrected chi connectivity index (χ2v) is 9.60. The normalized spacial score (nSPS) is 15.2. The summed E-state index contributed by atoms with van der Waals surface area (Å²) in [5, 5.41) is 5.26. The molecule has 0 aliphatic carbocycles. The van der Waals surface area contributed by atoms with Gasteiger partial charge in [-0.05, 0) is 24.3 Å². The number of hydrogen-bond acceptors (Lipinski definition) is 7. The number of piperazine rings is 1. The van der Waals surface area contributed by atoms with E-state index in [4.69, 9.17) is 16.6 Å². The average Bonchev–Trinajstić information content (AvgIpc) is 3.39. The van der Waals surface area contributed by atoms with E-state index in [9.17, 15) is 4.79 Å². The lowest BCUT2D eigenvalue weighted by Gasteiger charge is -2.34. The Morgan fingerprint density at radius 3 is 2.60 bits per heavy atom. The molecule has 4 aromatic rings. The first kappa shape index (κ1) is 19.7. The number of aromatic nitrogens is 2. The minimum absolute atomic E-state index is 0.0961. The minimum Gasteiger partial charge on any atom is -0.349 e. The van der Waals surface area contributed by atoms with Gasteiger partial charge >= 0.3 is 0 Å². The molecule has 1 amide bonds. The number of halogens is 1. The number of anilines is 1. The second kappa shape index (κ2) is 8.47. The van der Waals surface area contributed by atoms with Gasteiger partial charge in [-0.1, -0.05) is 41.1 Å². The Labute approximate surface area is 187 Å². The monoisotopic (exact) mass is 457 g/mol. The van der Waals surface area contributed by atoms with Crippen molar-refractivity contribution < 1.29 is 4.79 Å². The van der Waals surface area contributed by atoms with E-state index in [1.807, 2.05) is 36.4 Å². The molecule has 2 aromatic heterocycles.